The molecule has 0 bridgehead atoms. The topological polar surface area (TPSA) is 73.1 Å². The van der Waals surface area contributed by atoms with E-state index in [0.717, 1.165) is 39.2 Å². The number of thiophene rings is 1. The molecule has 158 valence electrons. The second kappa shape index (κ2) is 7.92. The van der Waals surface area contributed by atoms with Crippen LogP contribution in [0.15, 0.2) is 57.4 Å². The molecular weight excluding hydrogens is 424 g/mol. The highest BCUT2D eigenvalue weighted by molar-refractivity contribution is 7.17. The highest BCUT2D eigenvalue weighted by atomic mass is 32.1. The van der Waals surface area contributed by atoms with Gasteiger partial charge >= 0.3 is 5.69 Å². The van der Waals surface area contributed by atoms with Gasteiger partial charge in [-0.1, -0.05) is 17.7 Å². The Morgan fingerprint density at radius 1 is 1.06 bits per heavy atom. The largest absolute Gasteiger partial charge is 0.336 e. The fourth-order valence-corrected chi connectivity index (χ4v) is 4.23. The maximum atomic E-state index is 14.4. The standard InChI is InChI=1S/C22H17F2N3O3S/c1-12-3-5-16(13(2)9-12)25-19(28)11-26-18-7-8-31-20(18)21(29)27(22(26)30)17-6-4-14(23)10-15(17)24/h3-10H,11H2,1-2H3,(H,25,28). The van der Waals surface area contributed by atoms with Crippen LogP contribution in [-0.4, -0.2) is 15.0 Å². The number of benzene rings is 2. The lowest BCUT2D eigenvalue weighted by molar-refractivity contribution is -0.116. The Morgan fingerprint density at radius 3 is 2.55 bits per heavy atom. The van der Waals surface area contributed by atoms with Gasteiger partial charge in [-0.25, -0.2) is 18.1 Å². The molecule has 0 unspecified atom stereocenters. The summed E-state index contributed by atoms with van der Waals surface area (Å²) < 4.78 is 29.6. The molecule has 2 aromatic heterocycles. The average Bonchev–Trinajstić information content (AvgIpc) is 3.19. The lowest BCUT2D eigenvalue weighted by atomic mass is 10.1. The summed E-state index contributed by atoms with van der Waals surface area (Å²) in [5, 5.41) is 4.36. The summed E-state index contributed by atoms with van der Waals surface area (Å²) in [7, 11) is 0. The van der Waals surface area contributed by atoms with Crippen LogP contribution >= 0.6 is 11.3 Å². The van der Waals surface area contributed by atoms with Crippen LogP contribution in [0.2, 0.25) is 0 Å². The molecule has 1 N–H and O–H groups in total. The summed E-state index contributed by atoms with van der Waals surface area (Å²) in [5.74, 6) is -2.37. The van der Waals surface area contributed by atoms with Crippen LogP contribution in [0, 0.1) is 25.5 Å². The molecule has 0 atom stereocenters. The first kappa shape index (κ1) is 20.7. The number of aryl methyl sites for hydroxylation is 2. The number of carbonyl (C=O) groups excluding carboxylic acids is 1. The molecule has 0 saturated heterocycles. The zero-order chi connectivity index (χ0) is 22.3. The third-order valence-corrected chi connectivity index (χ3v) is 5.75. The number of aromatic nitrogens is 2. The van der Waals surface area contributed by atoms with Gasteiger partial charge in [-0.2, -0.15) is 0 Å². The van der Waals surface area contributed by atoms with Crippen LogP contribution in [0.3, 0.4) is 0 Å². The second-order valence-corrected chi connectivity index (χ2v) is 8.02. The van der Waals surface area contributed by atoms with Gasteiger partial charge < -0.3 is 5.32 Å². The SMILES string of the molecule is Cc1ccc(NC(=O)Cn2c(=O)n(-c3ccc(F)cc3F)c(=O)c3sccc32)c(C)c1. The molecule has 31 heavy (non-hydrogen) atoms. The third-order valence-electron chi connectivity index (χ3n) is 4.86. The summed E-state index contributed by atoms with van der Waals surface area (Å²) in [6.45, 7) is 3.40. The van der Waals surface area contributed by atoms with Gasteiger partial charge in [0.15, 0.2) is 0 Å². The second-order valence-electron chi connectivity index (χ2n) is 7.11. The van der Waals surface area contributed by atoms with Crippen LogP contribution in [0.1, 0.15) is 11.1 Å². The maximum absolute atomic E-state index is 14.4. The molecule has 0 fully saturated rings. The van der Waals surface area contributed by atoms with Crippen molar-refractivity contribution in [2.24, 2.45) is 0 Å². The van der Waals surface area contributed by atoms with Gasteiger partial charge in [0.25, 0.3) is 5.56 Å². The molecule has 4 aromatic rings. The molecule has 9 heteroatoms. The Labute approximate surface area is 179 Å². The third kappa shape index (κ3) is 3.79. The number of halogens is 2. The molecule has 0 aliphatic carbocycles. The average molecular weight is 441 g/mol. The van der Waals surface area contributed by atoms with Crippen molar-refractivity contribution in [1.29, 1.82) is 0 Å². The fourth-order valence-electron chi connectivity index (χ4n) is 3.40. The molecule has 0 aliphatic heterocycles. The number of fused-ring (bicyclic) bond motifs is 1. The Balaban J connectivity index is 1.81. The number of hydrogen-bond donors (Lipinski definition) is 1. The monoisotopic (exact) mass is 441 g/mol. The molecule has 0 aliphatic rings. The Morgan fingerprint density at radius 2 is 1.84 bits per heavy atom. The van der Waals surface area contributed by atoms with Crippen molar-refractivity contribution >= 4 is 33.1 Å². The van der Waals surface area contributed by atoms with Gasteiger partial charge in [-0.15, -0.1) is 11.3 Å². The molecule has 0 radical (unpaired) electrons. The number of hydrogen-bond acceptors (Lipinski definition) is 4. The van der Waals surface area contributed by atoms with Gasteiger partial charge in [-0.05, 0) is 49.1 Å². The van der Waals surface area contributed by atoms with E-state index in [4.69, 9.17) is 0 Å². The number of nitrogens with zero attached hydrogens (tertiary/aromatic N) is 2. The van der Waals surface area contributed by atoms with Crippen molar-refractivity contribution in [3.05, 3.63) is 91.4 Å². The van der Waals surface area contributed by atoms with E-state index in [0.29, 0.717) is 16.3 Å². The van der Waals surface area contributed by atoms with E-state index >= 15 is 0 Å². The highest BCUT2D eigenvalue weighted by Gasteiger charge is 2.20. The first-order chi connectivity index (χ1) is 14.8. The van der Waals surface area contributed by atoms with E-state index < -0.39 is 28.8 Å². The van der Waals surface area contributed by atoms with Crippen molar-refractivity contribution in [3.63, 3.8) is 0 Å². The zero-order valence-corrected chi connectivity index (χ0v) is 17.4. The quantitative estimate of drug-likeness (QED) is 0.524. The smallest absolute Gasteiger partial charge is 0.324 e. The first-order valence-corrected chi connectivity index (χ1v) is 10.2. The van der Waals surface area contributed by atoms with Gasteiger partial charge in [-0.3, -0.25) is 14.2 Å². The van der Waals surface area contributed by atoms with E-state index in [2.05, 4.69) is 5.32 Å². The summed E-state index contributed by atoms with van der Waals surface area (Å²) in [5.41, 5.74) is 0.775. The van der Waals surface area contributed by atoms with Crippen LogP contribution in [0.5, 0.6) is 0 Å². The normalized spacial score (nSPS) is 11.1. The van der Waals surface area contributed by atoms with Gasteiger partial charge in [0.1, 0.15) is 22.9 Å². The van der Waals surface area contributed by atoms with Crippen molar-refractivity contribution in [2.45, 2.75) is 20.4 Å². The van der Waals surface area contributed by atoms with Gasteiger partial charge in [0.2, 0.25) is 5.91 Å². The fraction of sp³-hybridized carbons (Fsp3) is 0.136. The lowest BCUT2D eigenvalue weighted by Gasteiger charge is -2.14. The van der Waals surface area contributed by atoms with Crippen LogP contribution < -0.4 is 16.6 Å². The molecular formula is C22H17F2N3O3S. The number of anilines is 1. The van der Waals surface area contributed by atoms with Gasteiger partial charge in [0, 0.05) is 11.8 Å². The van der Waals surface area contributed by atoms with E-state index in [9.17, 15) is 23.2 Å². The minimum Gasteiger partial charge on any atom is -0.324 e. The summed E-state index contributed by atoms with van der Waals surface area (Å²) >= 11 is 1.07. The minimum atomic E-state index is -1.05. The van der Waals surface area contributed by atoms with E-state index in [1.807, 2.05) is 26.0 Å². The summed E-state index contributed by atoms with van der Waals surface area (Å²) in [6, 6.07) is 9.66. The number of nitrogens with one attached hydrogen (secondary N) is 1. The molecule has 2 heterocycles. The maximum Gasteiger partial charge on any atom is 0.336 e. The Bertz CT molecular complexity index is 1450. The Hall–Kier alpha value is -3.59. The van der Waals surface area contributed by atoms with Crippen molar-refractivity contribution in [3.8, 4) is 5.69 Å². The molecule has 1 amide bonds. The van der Waals surface area contributed by atoms with E-state index in [1.165, 1.54) is 0 Å². The van der Waals surface area contributed by atoms with Crippen molar-refractivity contribution in [2.75, 3.05) is 5.32 Å². The van der Waals surface area contributed by atoms with Crippen LogP contribution in [0.25, 0.3) is 15.9 Å². The van der Waals surface area contributed by atoms with E-state index in [1.54, 1.807) is 17.5 Å². The Kier molecular flexibility index (Phi) is 5.28. The van der Waals surface area contributed by atoms with Crippen LogP contribution in [0.4, 0.5) is 14.5 Å². The zero-order valence-electron chi connectivity index (χ0n) is 16.6. The van der Waals surface area contributed by atoms with E-state index in [-0.39, 0.29) is 22.4 Å². The lowest BCUT2D eigenvalue weighted by Crippen LogP contribution is -2.40. The predicted octanol–water partition coefficient (Wildman–Crippen LogP) is 3.75. The predicted molar refractivity (Wildman–Crippen MR) is 116 cm³/mol. The minimum absolute atomic E-state index is 0.183. The van der Waals surface area contributed by atoms with Gasteiger partial charge in [0.05, 0.1) is 11.2 Å². The first-order valence-electron chi connectivity index (χ1n) is 9.32. The molecule has 0 saturated carbocycles. The summed E-state index contributed by atoms with van der Waals surface area (Å²) in [4.78, 5) is 38.7. The molecule has 6 nitrogen and oxygen atoms in total. The highest BCUT2D eigenvalue weighted by Crippen LogP contribution is 2.19. The van der Waals surface area contributed by atoms with Crippen LogP contribution in [-0.2, 0) is 11.3 Å². The summed E-state index contributed by atoms with van der Waals surface area (Å²) in [6.07, 6.45) is 0. The molecule has 2 aromatic carbocycles. The number of amides is 1. The molecule has 4 rings (SSSR count). The number of rotatable bonds is 4. The van der Waals surface area contributed by atoms with Crippen molar-refractivity contribution in [1.82, 2.24) is 9.13 Å². The van der Waals surface area contributed by atoms with Crippen molar-refractivity contribution < 1.29 is 13.6 Å². The number of carbonyl (C=O) groups is 1. The molecule has 0 spiro atoms.